The Morgan fingerprint density at radius 1 is 1.56 bits per heavy atom. The fourth-order valence-corrected chi connectivity index (χ4v) is 3.38. The number of nitrogens with zero attached hydrogens (tertiary/aromatic N) is 1. The summed E-state index contributed by atoms with van der Waals surface area (Å²) in [6.07, 6.45) is 1.15. The van der Waals surface area contributed by atoms with Gasteiger partial charge in [0, 0.05) is 26.7 Å². The molecule has 1 fully saturated rings. The Morgan fingerprint density at radius 3 is 2.83 bits per heavy atom. The summed E-state index contributed by atoms with van der Waals surface area (Å²) in [5, 5.41) is 1.97. The number of piperidine rings is 1. The molecule has 0 aliphatic carbocycles. The van der Waals surface area contributed by atoms with Gasteiger partial charge in [-0.2, -0.15) is 0 Å². The van der Waals surface area contributed by atoms with E-state index in [1.54, 1.807) is 16.2 Å². The van der Waals surface area contributed by atoms with Crippen LogP contribution in [-0.2, 0) is 16.0 Å². The molecular weight excluding hydrogens is 314 g/mol. The summed E-state index contributed by atoms with van der Waals surface area (Å²) < 4.78 is 1.01. The van der Waals surface area contributed by atoms with Gasteiger partial charge in [0.1, 0.15) is 0 Å². The maximum atomic E-state index is 12.1. The highest BCUT2D eigenvalue weighted by Crippen LogP contribution is 2.27. The molecule has 0 saturated carbocycles. The largest absolute Gasteiger partial charge is 0.335 e. The maximum Gasteiger partial charge on any atom is 0.228 e. The smallest absolute Gasteiger partial charge is 0.228 e. The van der Waals surface area contributed by atoms with Gasteiger partial charge in [-0.15, -0.1) is 11.3 Å². The number of thiophene rings is 1. The molecule has 1 aliphatic rings. The fourth-order valence-electron chi connectivity index (χ4n) is 1.94. The minimum absolute atomic E-state index is 0.0493. The number of ketones is 1. The summed E-state index contributed by atoms with van der Waals surface area (Å²) in [4.78, 5) is 26.7. The third-order valence-corrected chi connectivity index (χ3v) is 5.09. The van der Waals surface area contributed by atoms with E-state index in [4.69, 9.17) is 0 Å². The number of carbonyl (C=O) groups excluding carboxylic acids is 2. The zero-order valence-electron chi connectivity index (χ0n) is 10.5. The van der Waals surface area contributed by atoms with E-state index in [-0.39, 0.29) is 23.7 Å². The minimum atomic E-state index is -0.275. The Kier molecular flexibility index (Phi) is 3.92. The lowest BCUT2D eigenvalue weighted by atomic mass is 9.81. The summed E-state index contributed by atoms with van der Waals surface area (Å²) in [5.41, 5.74) is -0.275. The quantitative estimate of drug-likeness (QED) is 0.836. The molecule has 3 nitrogen and oxygen atoms in total. The van der Waals surface area contributed by atoms with Crippen LogP contribution in [0.4, 0.5) is 0 Å². The Hall–Kier alpha value is -0.680. The van der Waals surface area contributed by atoms with Crippen molar-refractivity contribution in [2.45, 2.75) is 26.7 Å². The van der Waals surface area contributed by atoms with Crippen LogP contribution in [-0.4, -0.2) is 29.7 Å². The molecule has 18 heavy (non-hydrogen) atoms. The molecule has 1 aromatic rings. The number of halogens is 1. The highest BCUT2D eigenvalue weighted by Gasteiger charge is 2.35. The second-order valence-electron chi connectivity index (χ2n) is 5.28. The number of hydrogen-bond acceptors (Lipinski definition) is 3. The van der Waals surface area contributed by atoms with Crippen molar-refractivity contribution in [2.75, 3.05) is 13.1 Å². The standard InChI is InChI=1S/C13H16BrNO2S/c1-13(2)3-4-15(7-11(13)16)12(17)6-10-5-9(14)8-18-10/h5,8H,3-4,6-7H2,1-2H3. The molecule has 1 amide bonds. The molecule has 2 heterocycles. The molecule has 0 N–H and O–H groups in total. The molecule has 2 rings (SSSR count). The van der Waals surface area contributed by atoms with E-state index in [2.05, 4.69) is 15.9 Å². The molecule has 1 aromatic heterocycles. The van der Waals surface area contributed by atoms with Crippen molar-refractivity contribution in [1.82, 2.24) is 4.90 Å². The number of amides is 1. The van der Waals surface area contributed by atoms with Gasteiger partial charge in [0.2, 0.25) is 5.91 Å². The second kappa shape index (κ2) is 5.13. The van der Waals surface area contributed by atoms with Gasteiger partial charge in [-0.3, -0.25) is 9.59 Å². The zero-order valence-corrected chi connectivity index (χ0v) is 12.9. The van der Waals surface area contributed by atoms with Crippen LogP contribution in [0.15, 0.2) is 15.9 Å². The Labute approximate surface area is 119 Å². The average Bonchev–Trinajstić information content (AvgIpc) is 2.68. The van der Waals surface area contributed by atoms with Crippen molar-refractivity contribution < 1.29 is 9.59 Å². The van der Waals surface area contributed by atoms with Gasteiger partial charge in [-0.1, -0.05) is 13.8 Å². The van der Waals surface area contributed by atoms with Crippen LogP contribution in [0, 0.1) is 5.41 Å². The van der Waals surface area contributed by atoms with Gasteiger partial charge in [0.05, 0.1) is 13.0 Å². The number of Topliss-reactive ketones (excluding diaryl/α,β-unsaturated/α-hetero) is 1. The van der Waals surface area contributed by atoms with E-state index >= 15 is 0 Å². The summed E-state index contributed by atoms with van der Waals surface area (Å²) in [6, 6.07) is 1.96. The summed E-state index contributed by atoms with van der Waals surface area (Å²) in [7, 11) is 0. The normalized spacial score (nSPS) is 19.1. The molecule has 98 valence electrons. The molecule has 0 unspecified atom stereocenters. The Balaban J connectivity index is 1.97. The van der Waals surface area contributed by atoms with Gasteiger partial charge in [0.15, 0.2) is 5.78 Å². The SMILES string of the molecule is CC1(C)CCN(C(=O)Cc2cc(Br)cs2)CC1=O. The molecule has 0 aromatic carbocycles. The third-order valence-electron chi connectivity index (χ3n) is 3.40. The van der Waals surface area contributed by atoms with E-state index in [9.17, 15) is 9.59 Å². The number of likely N-dealkylation sites (tertiary alicyclic amines) is 1. The summed E-state index contributed by atoms with van der Waals surface area (Å²) in [6.45, 7) is 4.85. The predicted molar refractivity (Wildman–Crippen MR) is 75.7 cm³/mol. The van der Waals surface area contributed by atoms with Crippen molar-refractivity contribution >= 4 is 39.0 Å². The van der Waals surface area contributed by atoms with Gasteiger partial charge in [-0.05, 0) is 28.4 Å². The molecule has 1 aliphatic heterocycles. The number of hydrogen-bond donors (Lipinski definition) is 0. The third kappa shape index (κ3) is 3.01. The van der Waals surface area contributed by atoms with Crippen LogP contribution in [0.25, 0.3) is 0 Å². The first-order valence-electron chi connectivity index (χ1n) is 5.92. The first-order chi connectivity index (χ1) is 8.38. The van der Waals surface area contributed by atoms with E-state index in [0.717, 1.165) is 15.8 Å². The van der Waals surface area contributed by atoms with Crippen LogP contribution >= 0.6 is 27.3 Å². The molecule has 0 spiro atoms. The number of rotatable bonds is 2. The predicted octanol–water partition coefficient (Wildman–Crippen LogP) is 2.88. The van der Waals surface area contributed by atoms with Gasteiger partial charge in [0.25, 0.3) is 0 Å². The van der Waals surface area contributed by atoms with Crippen molar-refractivity contribution in [3.63, 3.8) is 0 Å². The van der Waals surface area contributed by atoms with Crippen LogP contribution in [0.5, 0.6) is 0 Å². The lowest BCUT2D eigenvalue weighted by Crippen LogP contribution is -2.48. The molecule has 0 atom stereocenters. The van der Waals surface area contributed by atoms with Crippen molar-refractivity contribution in [1.29, 1.82) is 0 Å². The fraction of sp³-hybridized carbons (Fsp3) is 0.538. The second-order valence-corrected chi connectivity index (χ2v) is 7.19. The monoisotopic (exact) mass is 329 g/mol. The first kappa shape index (κ1) is 13.7. The molecule has 5 heteroatoms. The molecule has 0 radical (unpaired) electrons. The first-order valence-corrected chi connectivity index (χ1v) is 7.60. The van der Waals surface area contributed by atoms with Crippen LogP contribution < -0.4 is 0 Å². The van der Waals surface area contributed by atoms with Gasteiger partial charge < -0.3 is 4.90 Å². The van der Waals surface area contributed by atoms with Crippen molar-refractivity contribution in [2.24, 2.45) is 5.41 Å². The van der Waals surface area contributed by atoms with E-state index in [0.29, 0.717) is 13.0 Å². The van der Waals surface area contributed by atoms with Crippen LogP contribution in [0.2, 0.25) is 0 Å². The lowest BCUT2D eigenvalue weighted by molar-refractivity contribution is -0.142. The van der Waals surface area contributed by atoms with Gasteiger partial charge in [-0.25, -0.2) is 0 Å². The summed E-state index contributed by atoms with van der Waals surface area (Å²) in [5.74, 6) is 0.211. The van der Waals surface area contributed by atoms with E-state index in [1.165, 1.54) is 0 Å². The Morgan fingerprint density at radius 2 is 2.28 bits per heavy atom. The minimum Gasteiger partial charge on any atom is -0.335 e. The van der Waals surface area contributed by atoms with Crippen molar-refractivity contribution in [3.8, 4) is 0 Å². The Bertz CT molecular complexity index is 481. The zero-order chi connectivity index (χ0) is 13.3. The van der Waals surface area contributed by atoms with Crippen LogP contribution in [0.3, 0.4) is 0 Å². The van der Waals surface area contributed by atoms with Crippen molar-refractivity contribution in [3.05, 3.63) is 20.8 Å². The lowest BCUT2D eigenvalue weighted by Gasteiger charge is -2.35. The average molecular weight is 330 g/mol. The van der Waals surface area contributed by atoms with Crippen LogP contribution in [0.1, 0.15) is 25.1 Å². The molecule has 1 saturated heterocycles. The van der Waals surface area contributed by atoms with Gasteiger partial charge >= 0.3 is 0 Å². The highest BCUT2D eigenvalue weighted by atomic mass is 79.9. The van der Waals surface area contributed by atoms with E-state index < -0.39 is 0 Å². The van der Waals surface area contributed by atoms with E-state index in [1.807, 2.05) is 25.3 Å². The maximum absolute atomic E-state index is 12.1. The topological polar surface area (TPSA) is 37.4 Å². The molecular formula is C13H16BrNO2S. The number of carbonyl (C=O) groups is 2. The summed E-state index contributed by atoms with van der Waals surface area (Å²) >= 11 is 4.94. The molecule has 0 bridgehead atoms. The highest BCUT2D eigenvalue weighted by molar-refractivity contribution is 9.10.